The van der Waals surface area contributed by atoms with Gasteiger partial charge in [0.2, 0.25) is 6.79 Å². The smallest absolute Gasteiger partial charge is 0.231 e. The summed E-state index contributed by atoms with van der Waals surface area (Å²) in [6.45, 7) is 0.798. The predicted octanol–water partition coefficient (Wildman–Crippen LogP) is 3.55. The normalized spacial score (nSPS) is 12.0. The summed E-state index contributed by atoms with van der Waals surface area (Å²) >= 11 is 11.8. The molecule has 0 saturated carbocycles. The summed E-state index contributed by atoms with van der Waals surface area (Å²) in [4.78, 5) is 0.526. The monoisotopic (exact) mass is 365 g/mol. The molecule has 3 rings (SSSR count). The second-order valence-electron chi connectivity index (χ2n) is 5.03. The molecular weight excluding hydrogens is 350 g/mol. The fraction of sp³-hybridized carbons (Fsp3) is 0.235. The van der Waals surface area contributed by atoms with Crippen molar-refractivity contribution in [1.29, 1.82) is 0 Å². The van der Waals surface area contributed by atoms with Gasteiger partial charge in [0.05, 0.1) is 19.2 Å². The predicted molar refractivity (Wildman–Crippen MR) is 95.7 cm³/mol. The zero-order valence-electron chi connectivity index (χ0n) is 13.2. The van der Waals surface area contributed by atoms with Gasteiger partial charge in [0.1, 0.15) is 4.99 Å². The minimum Gasteiger partial charge on any atom is -0.493 e. The molecule has 2 aromatic rings. The van der Waals surface area contributed by atoms with Crippen LogP contribution in [0.3, 0.4) is 0 Å². The summed E-state index contributed by atoms with van der Waals surface area (Å²) in [6.07, 6.45) is 0. The van der Waals surface area contributed by atoms with Crippen LogP contribution in [0, 0.1) is 0 Å². The molecule has 0 spiro atoms. The average Bonchev–Trinajstić information content (AvgIpc) is 3.06. The lowest BCUT2D eigenvalue weighted by molar-refractivity contribution is 0.174. The Hall–Kier alpha value is -2.18. The van der Waals surface area contributed by atoms with Crippen LogP contribution >= 0.6 is 23.8 Å². The van der Waals surface area contributed by atoms with Gasteiger partial charge in [0.15, 0.2) is 23.0 Å². The van der Waals surface area contributed by atoms with Gasteiger partial charge < -0.3 is 24.3 Å². The molecule has 0 atom stereocenters. The van der Waals surface area contributed by atoms with Crippen molar-refractivity contribution in [2.75, 3.05) is 21.0 Å². The van der Waals surface area contributed by atoms with Crippen LogP contribution in [-0.4, -0.2) is 26.0 Å². The molecule has 126 valence electrons. The second-order valence-corrected chi connectivity index (χ2v) is 5.82. The molecule has 1 aliphatic rings. The SMILES string of the molecule is COc1ccc(C(=S)NCc2ccc3c(c2)OCO3)c(Cl)c1OC. The standard InChI is InChI=1S/C17H16ClNO4S/c1-20-13-6-4-11(15(18)16(13)21-2)17(24)19-8-10-3-5-12-14(7-10)23-9-22-12/h3-7H,8-9H2,1-2H3,(H,19,24). The van der Waals surface area contributed by atoms with E-state index in [0.717, 1.165) is 17.1 Å². The molecule has 0 aromatic heterocycles. The molecule has 5 nitrogen and oxygen atoms in total. The average molecular weight is 366 g/mol. The van der Waals surface area contributed by atoms with Gasteiger partial charge in [-0.05, 0) is 29.8 Å². The molecule has 1 aliphatic heterocycles. The van der Waals surface area contributed by atoms with Crippen LogP contribution in [0.25, 0.3) is 0 Å². The third kappa shape index (κ3) is 3.20. The van der Waals surface area contributed by atoms with Gasteiger partial charge in [-0.1, -0.05) is 29.9 Å². The maximum atomic E-state index is 6.38. The van der Waals surface area contributed by atoms with Crippen LogP contribution in [0.15, 0.2) is 30.3 Å². The molecule has 24 heavy (non-hydrogen) atoms. The van der Waals surface area contributed by atoms with Gasteiger partial charge in [-0.3, -0.25) is 0 Å². The fourth-order valence-corrected chi connectivity index (χ4v) is 3.02. The van der Waals surface area contributed by atoms with Crippen molar-refractivity contribution >= 4 is 28.8 Å². The maximum absolute atomic E-state index is 6.38. The number of benzene rings is 2. The Morgan fingerprint density at radius 1 is 1.17 bits per heavy atom. The lowest BCUT2D eigenvalue weighted by Gasteiger charge is -2.14. The first-order valence-electron chi connectivity index (χ1n) is 7.21. The van der Waals surface area contributed by atoms with Gasteiger partial charge >= 0.3 is 0 Å². The molecule has 7 heteroatoms. The third-order valence-corrected chi connectivity index (χ3v) is 4.36. The summed E-state index contributed by atoms with van der Waals surface area (Å²) in [5.41, 5.74) is 1.71. The number of halogens is 1. The zero-order valence-corrected chi connectivity index (χ0v) is 14.8. The van der Waals surface area contributed by atoms with E-state index in [2.05, 4.69) is 5.32 Å². The van der Waals surface area contributed by atoms with Crippen molar-refractivity contribution < 1.29 is 18.9 Å². The van der Waals surface area contributed by atoms with Crippen molar-refractivity contribution in [3.8, 4) is 23.0 Å². The van der Waals surface area contributed by atoms with Crippen LogP contribution in [0.5, 0.6) is 23.0 Å². The summed E-state index contributed by atoms with van der Waals surface area (Å²) in [6, 6.07) is 9.34. The van der Waals surface area contributed by atoms with Gasteiger partial charge in [-0.25, -0.2) is 0 Å². The Morgan fingerprint density at radius 2 is 1.96 bits per heavy atom. The largest absolute Gasteiger partial charge is 0.493 e. The van der Waals surface area contributed by atoms with Crippen molar-refractivity contribution in [2.24, 2.45) is 0 Å². The maximum Gasteiger partial charge on any atom is 0.231 e. The van der Waals surface area contributed by atoms with Crippen molar-refractivity contribution in [2.45, 2.75) is 6.54 Å². The van der Waals surface area contributed by atoms with E-state index >= 15 is 0 Å². The Bertz CT molecular complexity index is 781. The van der Waals surface area contributed by atoms with E-state index in [-0.39, 0.29) is 6.79 Å². The molecule has 0 unspecified atom stereocenters. The summed E-state index contributed by atoms with van der Waals surface area (Å²) in [5.74, 6) is 2.52. The Balaban J connectivity index is 1.73. The highest BCUT2D eigenvalue weighted by Gasteiger charge is 2.17. The highest BCUT2D eigenvalue weighted by molar-refractivity contribution is 7.80. The van der Waals surface area contributed by atoms with E-state index in [0.29, 0.717) is 33.6 Å². The molecule has 1 heterocycles. The summed E-state index contributed by atoms with van der Waals surface area (Å²) in [7, 11) is 3.10. The van der Waals surface area contributed by atoms with E-state index in [1.54, 1.807) is 19.2 Å². The fourth-order valence-electron chi connectivity index (χ4n) is 2.39. The molecule has 0 aliphatic carbocycles. The van der Waals surface area contributed by atoms with Crippen LogP contribution in [-0.2, 0) is 6.54 Å². The number of rotatable bonds is 5. The van der Waals surface area contributed by atoms with E-state index in [4.69, 9.17) is 42.8 Å². The highest BCUT2D eigenvalue weighted by Crippen LogP contribution is 2.37. The number of thiocarbonyl (C=S) groups is 1. The minimum atomic E-state index is 0.256. The van der Waals surface area contributed by atoms with Crippen molar-refractivity contribution in [1.82, 2.24) is 5.32 Å². The van der Waals surface area contributed by atoms with Crippen molar-refractivity contribution in [3.05, 3.63) is 46.5 Å². The van der Waals surface area contributed by atoms with E-state index in [1.807, 2.05) is 18.2 Å². The molecule has 1 N–H and O–H groups in total. The summed E-state index contributed by atoms with van der Waals surface area (Å²) in [5, 5.41) is 3.61. The number of nitrogens with one attached hydrogen (secondary N) is 1. The van der Waals surface area contributed by atoms with Crippen LogP contribution in [0.4, 0.5) is 0 Å². The quantitative estimate of drug-likeness (QED) is 0.818. The van der Waals surface area contributed by atoms with Crippen LogP contribution in [0.2, 0.25) is 5.02 Å². The van der Waals surface area contributed by atoms with Gasteiger partial charge in [0.25, 0.3) is 0 Å². The number of hydrogen-bond donors (Lipinski definition) is 1. The van der Waals surface area contributed by atoms with E-state index in [1.165, 1.54) is 7.11 Å². The van der Waals surface area contributed by atoms with Gasteiger partial charge in [-0.15, -0.1) is 0 Å². The molecule has 0 radical (unpaired) electrons. The third-order valence-electron chi connectivity index (χ3n) is 3.62. The Morgan fingerprint density at radius 3 is 2.71 bits per heavy atom. The van der Waals surface area contributed by atoms with Crippen molar-refractivity contribution in [3.63, 3.8) is 0 Å². The zero-order chi connectivity index (χ0) is 17.1. The van der Waals surface area contributed by atoms with Gasteiger partial charge in [-0.2, -0.15) is 0 Å². The number of ether oxygens (including phenoxy) is 4. The molecule has 0 saturated heterocycles. The Labute approximate surface area is 150 Å². The van der Waals surface area contributed by atoms with Crippen LogP contribution < -0.4 is 24.3 Å². The molecule has 0 amide bonds. The topological polar surface area (TPSA) is 49.0 Å². The first-order chi connectivity index (χ1) is 11.6. The van der Waals surface area contributed by atoms with E-state index in [9.17, 15) is 0 Å². The molecular formula is C17H16ClNO4S. The van der Waals surface area contributed by atoms with E-state index < -0.39 is 0 Å². The molecule has 2 aromatic carbocycles. The van der Waals surface area contributed by atoms with Crippen LogP contribution in [0.1, 0.15) is 11.1 Å². The first-order valence-corrected chi connectivity index (χ1v) is 8.00. The molecule has 0 bridgehead atoms. The summed E-state index contributed by atoms with van der Waals surface area (Å²) < 4.78 is 21.2. The number of hydrogen-bond acceptors (Lipinski definition) is 5. The first kappa shape index (κ1) is 16.7. The minimum absolute atomic E-state index is 0.256. The molecule has 0 fully saturated rings. The number of fused-ring (bicyclic) bond motifs is 1. The Kier molecular flexibility index (Phi) is 4.97. The highest BCUT2D eigenvalue weighted by atomic mass is 35.5. The number of methoxy groups -OCH3 is 2. The van der Waals surface area contributed by atoms with Gasteiger partial charge in [0, 0.05) is 12.1 Å². The second kappa shape index (κ2) is 7.15. The lowest BCUT2D eigenvalue weighted by Crippen LogP contribution is -2.22. The lowest BCUT2D eigenvalue weighted by atomic mass is 10.1.